The molecule has 1 amide bonds. The predicted molar refractivity (Wildman–Crippen MR) is 125 cm³/mol. The van der Waals surface area contributed by atoms with Gasteiger partial charge in [0.25, 0.3) is 0 Å². The van der Waals surface area contributed by atoms with E-state index in [0.717, 1.165) is 60.6 Å². The minimum absolute atomic E-state index is 0.0550. The number of rotatable bonds is 6. The van der Waals surface area contributed by atoms with Crippen LogP contribution in [0.3, 0.4) is 0 Å². The Kier molecular flexibility index (Phi) is 5.97. The summed E-state index contributed by atoms with van der Waals surface area (Å²) in [4.78, 5) is 29.3. The van der Waals surface area contributed by atoms with Crippen LogP contribution >= 0.6 is 0 Å². The van der Waals surface area contributed by atoms with Crippen molar-refractivity contribution in [2.45, 2.75) is 56.8 Å². The third-order valence-electron chi connectivity index (χ3n) is 6.87. The SMILES string of the molecule is CCC(C(=O)N1CCC(c2nc(C3CC3)ncc2-c2ccncc2)CC1)c1ccccc1. The van der Waals surface area contributed by atoms with E-state index >= 15 is 0 Å². The number of pyridine rings is 1. The first kappa shape index (κ1) is 20.8. The first-order chi connectivity index (χ1) is 15.7. The lowest BCUT2D eigenvalue weighted by molar-refractivity contribution is -0.134. The highest BCUT2D eigenvalue weighted by Crippen LogP contribution is 2.41. The zero-order valence-corrected chi connectivity index (χ0v) is 18.7. The van der Waals surface area contributed by atoms with Gasteiger partial charge in [0.2, 0.25) is 5.91 Å². The second-order valence-electron chi connectivity index (χ2n) is 9.01. The van der Waals surface area contributed by atoms with Crippen molar-refractivity contribution in [3.8, 4) is 11.1 Å². The highest BCUT2D eigenvalue weighted by molar-refractivity contribution is 5.83. The Balaban J connectivity index is 1.35. The van der Waals surface area contributed by atoms with Gasteiger partial charge in [0.15, 0.2) is 0 Å². The summed E-state index contributed by atoms with van der Waals surface area (Å²) >= 11 is 0. The number of hydrogen-bond acceptors (Lipinski definition) is 4. The number of benzene rings is 1. The van der Waals surface area contributed by atoms with Crippen LogP contribution in [-0.2, 0) is 4.79 Å². The van der Waals surface area contributed by atoms with E-state index in [4.69, 9.17) is 4.98 Å². The molecule has 0 spiro atoms. The Hall–Kier alpha value is -3.08. The molecule has 32 heavy (non-hydrogen) atoms. The van der Waals surface area contributed by atoms with Gasteiger partial charge in [-0.15, -0.1) is 0 Å². The van der Waals surface area contributed by atoms with Crippen LogP contribution in [0.15, 0.2) is 61.1 Å². The fraction of sp³-hybridized carbons (Fsp3) is 0.407. The molecule has 3 aromatic rings. The minimum atomic E-state index is -0.0550. The van der Waals surface area contributed by atoms with Gasteiger partial charge in [-0.05, 0) is 55.4 Å². The Morgan fingerprint density at radius 2 is 1.72 bits per heavy atom. The largest absolute Gasteiger partial charge is 0.342 e. The third-order valence-corrected chi connectivity index (χ3v) is 6.87. The lowest BCUT2D eigenvalue weighted by Gasteiger charge is -2.34. The lowest BCUT2D eigenvalue weighted by atomic mass is 9.87. The van der Waals surface area contributed by atoms with Gasteiger partial charge in [-0.25, -0.2) is 9.97 Å². The molecule has 0 bridgehead atoms. The normalized spacial score (nSPS) is 17.8. The van der Waals surface area contributed by atoms with Gasteiger partial charge in [-0.2, -0.15) is 0 Å². The van der Waals surface area contributed by atoms with Gasteiger partial charge in [-0.1, -0.05) is 37.3 Å². The average Bonchev–Trinajstić information content (AvgIpc) is 3.71. The first-order valence-corrected chi connectivity index (χ1v) is 11.9. The summed E-state index contributed by atoms with van der Waals surface area (Å²) in [7, 11) is 0. The molecule has 1 unspecified atom stereocenters. The molecule has 5 nitrogen and oxygen atoms in total. The molecular formula is C27H30N4O. The molecule has 3 heterocycles. The van der Waals surface area contributed by atoms with Crippen LogP contribution in [0.4, 0.5) is 0 Å². The van der Waals surface area contributed by atoms with Crippen LogP contribution in [0.1, 0.15) is 73.9 Å². The number of carbonyl (C=O) groups excluding carboxylic acids is 1. The molecule has 1 saturated heterocycles. The first-order valence-electron chi connectivity index (χ1n) is 11.9. The molecule has 2 aliphatic rings. The standard InChI is InChI=1S/C27H30N4O/c1-2-23(19-6-4-3-5-7-19)27(32)31-16-12-21(13-17-31)25-24(20-10-14-28-15-11-20)18-29-26(30-25)22-8-9-22/h3-7,10-11,14-15,18,21-23H,2,8-9,12-13,16-17H2,1H3. The van der Waals surface area contributed by atoms with Crippen LogP contribution in [0.2, 0.25) is 0 Å². The van der Waals surface area contributed by atoms with Crippen LogP contribution in [-0.4, -0.2) is 38.8 Å². The quantitative estimate of drug-likeness (QED) is 0.535. The maximum atomic E-state index is 13.3. The van der Waals surface area contributed by atoms with Crippen molar-refractivity contribution in [1.82, 2.24) is 19.9 Å². The summed E-state index contributed by atoms with van der Waals surface area (Å²) in [6.45, 7) is 3.67. The van der Waals surface area contributed by atoms with Crippen LogP contribution in [0.5, 0.6) is 0 Å². The summed E-state index contributed by atoms with van der Waals surface area (Å²) in [5, 5.41) is 0. The molecule has 164 valence electrons. The van der Waals surface area contributed by atoms with Crippen molar-refractivity contribution in [3.05, 3.63) is 78.1 Å². The summed E-state index contributed by atoms with van der Waals surface area (Å²) in [6, 6.07) is 14.2. The molecule has 1 saturated carbocycles. The van der Waals surface area contributed by atoms with Crippen molar-refractivity contribution >= 4 is 5.91 Å². The fourth-order valence-corrected chi connectivity index (χ4v) is 4.84. The van der Waals surface area contributed by atoms with E-state index in [0.29, 0.717) is 11.8 Å². The second kappa shape index (κ2) is 9.19. The minimum Gasteiger partial charge on any atom is -0.342 e. The molecule has 2 aromatic heterocycles. The van der Waals surface area contributed by atoms with Crippen LogP contribution in [0, 0.1) is 0 Å². The number of hydrogen-bond donors (Lipinski definition) is 0. The second-order valence-corrected chi connectivity index (χ2v) is 9.01. The molecular weight excluding hydrogens is 396 g/mol. The topological polar surface area (TPSA) is 59.0 Å². The number of aromatic nitrogens is 3. The Bertz CT molecular complexity index is 1060. The lowest BCUT2D eigenvalue weighted by Crippen LogP contribution is -2.40. The Morgan fingerprint density at radius 3 is 2.38 bits per heavy atom. The van der Waals surface area contributed by atoms with E-state index in [1.807, 2.05) is 48.9 Å². The predicted octanol–water partition coefficient (Wildman–Crippen LogP) is 5.32. The van der Waals surface area contributed by atoms with E-state index in [1.165, 1.54) is 12.8 Å². The number of amides is 1. The van der Waals surface area contributed by atoms with E-state index in [2.05, 4.69) is 33.9 Å². The molecule has 2 fully saturated rings. The highest BCUT2D eigenvalue weighted by Gasteiger charge is 2.32. The molecule has 1 atom stereocenters. The van der Waals surface area contributed by atoms with Crippen molar-refractivity contribution in [1.29, 1.82) is 0 Å². The maximum Gasteiger partial charge on any atom is 0.230 e. The van der Waals surface area contributed by atoms with Gasteiger partial charge < -0.3 is 4.90 Å². The summed E-state index contributed by atoms with van der Waals surface area (Å²) in [6.07, 6.45) is 10.7. The van der Waals surface area contributed by atoms with Gasteiger partial charge in [0.1, 0.15) is 5.82 Å². The Morgan fingerprint density at radius 1 is 1.00 bits per heavy atom. The zero-order valence-electron chi connectivity index (χ0n) is 18.7. The molecule has 5 heteroatoms. The average molecular weight is 427 g/mol. The van der Waals surface area contributed by atoms with Crippen LogP contribution < -0.4 is 0 Å². The number of nitrogens with zero attached hydrogens (tertiary/aromatic N) is 4. The van der Waals surface area contributed by atoms with E-state index < -0.39 is 0 Å². The van der Waals surface area contributed by atoms with Crippen molar-refractivity contribution in [2.24, 2.45) is 0 Å². The monoisotopic (exact) mass is 426 g/mol. The Labute approximate surface area is 189 Å². The maximum absolute atomic E-state index is 13.3. The van der Waals surface area contributed by atoms with Gasteiger partial charge in [0, 0.05) is 49.1 Å². The summed E-state index contributed by atoms with van der Waals surface area (Å²) in [5.74, 6) is 2.07. The molecule has 0 radical (unpaired) electrons. The highest BCUT2D eigenvalue weighted by atomic mass is 16.2. The zero-order chi connectivity index (χ0) is 21.9. The van der Waals surface area contributed by atoms with Crippen molar-refractivity contribution in [3.63, 3.8) is 0 Å². The van der Waals surface area contributed by atoms with E-state index in [1.54, 1.807) is 0 Å². The fourth-order valence-electron chi connectivity index (χ4n) is 4.84. The summed E-state index contributed by atoms with van der Waals surface area (Å²) in [5.41, 5.74) is 4.49. The molecule has 5 rings (SSSR count). The number of piperidine rings is 1. The molecule has 1 aliphatic heterocycles. The smallest absolute Gasteiger partial charge is 0.230 e. The van der Waals surface area contributed by atoms with Gasteiger partial charge >= 0.3 is 0 Å². The van der Waals surface area contributed by atoms with Crippen molar-refractivity contribution in [2.75, 3.05) is 13.1 Å². The third kappa shape index (κ3) is 4.29. The van der Waals surface area contributed by atoms with E-state index in [9.17, 15) is 4.79 Å². The van der Waals surface area contributed by atoms with Crippen molar-refractivity contribution < 1.29 is 4.79 Å². The molecule has 0 N–H and O–H groups in total. The molecule has 1 aliphatic carbocycles. The van der Waals surface area contributed by atoms with Crippen LogP contribution in [0.25, 0.3) is 11.1 Å². The summed E-state index contributed by atoms with van der Waals surface area (Å²) < 4.78 is 0. The van der Waals surface area contributed by atoms with Gasteiger partial charge in [-0.3, -0.25) is 9.78 Å². The number of likely N-dealkylation sites (tertiary alicyclic amines) is 1. The molecule has 1 aromatic carbocycles. The van der Waals surface area contributed by atoms with Gasteiger partial charge in [0.05, 0.1) is 11.6 Å². The number of carbonyl (C=O) groups is 1. The van der Waals surface area contributed by atoms with E-state index in [-0.39, 0.29) is 11.8 Å².